The second-order valence-corrected chi connectivity index (χ2v) is 12.9. The molecule has 1 amide bonds. The molecule has 272 valence electrons. The van der Waals surface area contributed by atoms with E-state index in [0.29, 0.717) is 11.5 Å². The number of aryl methyl sites for hydroxylation is 1. The molecule has 3 aromatic carbocycles. The number of methoxy groups -OCH3 is 2. The summed E-state index contributed by atoms with van der Waals surface area (Å²) in [6.07, 6.45) is -4.85. The average molecular weight is 739 g/mol. The molecule has 2 aromatic heterocycles. The highest BCUT2D eigenvalue weighted by Crippen LogP contribution is 2.45. The number of carbonyl (C=O) groups is 1. The van der Waals surface area contributed by atoms with Gasteiger partial charge < -0.3 is 29.3 Å². The average Bonchev–Trinajstić information content (AvgIpc) is 3.11. The minimum atomic E-state index is -4.91. The number of amides is 1. The number of benzene rings is 3. The minimum absolute atomic E-state index is 0.163. The number of nitrogens with zero attached hydrogens (tertiary/aromatic N) is 6. The van der Waals surface area contributed by atoms with Gasteiger partial charge in [0.25, 0.3) is 0 Å². The highest BCUT2D eigenvalue weighted by atomic mass is 35.5. The number of halogens is 5. The molecular formula is C37H35ClF4N6O4. The van der Waals surface area contributed by atoms with Crippen molar-refractivity contribution in [3.8, 4) is 22.8 Å². The Morgan fingerprint density at radius 1 is 0.981 bits per heavy atom. The Hall–Kier alpha value is -5.37. The molecule has 0 aliphatic carbocycles. The number of aromatic nitrogens is 3. The molecule has 10 nitrogen and oxygen atoms in total. The van der Waals surface area contributed by atoms with Crippen molar-refractivity contribution >= 4 is 40.2 Å². The van der Waals surface area contributed by atoms with Crippen molar-refractivity contribution in [1.82, 2.24) is 19.9 Å². The molecule has 1 atom stereocenters. The summed E-state index contributed by atoms with van der Waals surface area (Å²) >= 11 is 6.73. The molecular weight excluding hydrogens is 704 g/mol. The molecule has 52 heavy (non-hydrogen) atoms. The number of rotatable bonds is 9. The first-order valence-electron chi connectivity index (χ1n) is 16.3. The largest absolute Gasteiger partial charge is 0.497 e. The van der Waals surface area contributed by atoms with Crippen LogP contribution in [-0.2, 0) is 19.3 Å². The summed E-state index contributed by atoms with van der Waals surface area (Å²) in [4.78, 5) is 29.4. The van der Waals surface area contributed by atoms with Gasteiger partial charge in [0.2, 0.25) is 0 Å². The highest BCUT2D eigenvalue weighted by Gasteiger charge is 2.39. The van der Waals surface area contributed by atoms with E-state index in [1.807, 2.05) is 24.3 Å². The Labute approximate surface area is 302 Å². The molecule has 15 heteroatoms. The maximum Gasteiger partial charge on any atom is 0.418 e. The van der Waals surface area contributed by atoms with Gasteiger partial charge in [-0.1, -0.05) is 35.9 Å². The van der Waals surface area contributed by atoms with Crippen LogP contribution in [0.15, 0.2) is 67.0 Å². The Bertz CT molecular complexity index is 2050. The number of carboxylic acid groups (broad SMARTS) is 1. The van der Waals surface area contributed by atoms with Crippen molar-refractivity contribution in [2.45, 2.75) is 39.2 Å². The number of hydrogen-bond donors (Lipinski definition) is 1. The molecule has 1 aliphatic heterocycles. The maximum absolute atomic E-state index is 16.8. The van der Waals surface area contributed by atoms with Crippen molar-refractivity contribution in [2.75, 3.05) is 43.7 Å². The van der Waals surface area contributed by atoms with E-state index in [9.17, 15) is 23.1 Å². The fourth-order valence-electron chi connectivity index (χ4n) is 6.48. The second-order valence-electron chi connectivity index (χ2n) is 12.5. The van der Waals surface area contributed by atoms with Gasteiger partial charge in [-0.05, 0) is 66.9 Å². The summed E-state index contributed by atoms with van der Waals surface area (Å²) in [5, 5.41) is 9.31. The van der Waals surface area contributed by atoms with Gasteiger partial charge in [0, 0.05) is 44.2 Å². The van der Waals surface area contributed by atoms with Crippen LogP contribution in [0.25, 0.3) is 22.2 Å². The van der Waals surface area contributed by atoms with E-state index in [0.717, 1.165) is 17.5 Å². The molecule has 5 aromatic rings. The maximum atomic E-state index is 16.8. The molecule has 1 N–H and O–H groups in total. The topological polar surface area (TPSA) is 104 Å². The van der Waals surface area contributed by atoms with Gasteiger partial charge in [0.1, 0.15) is 35.0 Å². The van der Waals surface area contributed by atoms with Crippen LogP contribution in [0, 0.1) is 12.7 Å². The zero-order valence-corrected chi connectivity index (χ0v) is 29.5. The Balaban J connectivity index is 1.49. The first-order valence-corrected chi connectivity index (χ1v) is 16.6. The lowest BCUT2D eigenvalue weighted by molar-refractivity contribution is -0.137. The number of anilines is 2. The van der Waals surface area contributed by atoms with Crippen molar-refractivity contribution in [3.05, 3.63) is 100 Å². The van der Waals surface area contributed by atoms with Crippen molar-refractivity contribution in [3.63, 3.8) is 0 Å². The van der Waals surface area contributed by atoms with Crippen LogP contribution in [0.4, 0.5) is 34.0 Å². The fourth-order valence-corrected chi connectivity index (χ4v) is 6.77. The third kappa shape index (κ3) is 7.33. The van der Waals surface area contributed by atoms with Crippen LogP contribution in [0.2, 0.25) is 5.02 Å². The molecule has 3 heterocycles. The number of alkyl halides is 3. The quantitative estimate of drug-likeness (QED) is 0.150. The van der Waals surface area contributed by atoms with Crippen molar-refractivity contribution < 1.29 is 36.9 Å². The van der Waals surface area contributed by atoms with Crippen LogP contribution in [0.3, 0.4) is 0 Å². The third-order valence-electron chi connectivity index (χ3n) is 9.08. The molecule has 1 aliphatic rings. The highest BCUT2D eigenvalue weighted by molar-refractivity contribution is 6.34. The van der Waals surface area contributed by atoms with Gasteiger partial charge in [0.15, 0.2) is 5.82 Å². The summed E-state index contributed by atoms with van der Waals surface area (Å²) in [6, 6.07) is 16.8. The van der Waals surface area contributed by atoms with E-state index >= 15 is 4.39 Å². The predicted octanol–water partition coefficient (Wildman–Crippen LogP) is 8.22. The summed E-state index contributed by atoms with van der Waals surface area (Å²) in [5.41, 5.74) is -1.12. The van der Waals surface area contributed by atoms with E-state index in [2.05, 4.69) is 15.0 Å². The number of hydrogen-bond acceptors (Lipinski definition) is 8. The second kappa shape index (κ2) is 14.7. The molecule has 0 bridgehead atoms. The molecule has 0 spiro atoms. The molecule has 1 saturated heterocycles. The van der Waals surface area contributed by atoms with E-state index in [4.69, 9.17) is 21.1 Å². The van der Waals surface area contributed by atoms with Crippen molar-refractivity contribution in [1.29, 1.82) is 0 Å². The van der Waals surface area contributed by atoms with Crippen LogP contribution in [-0.4, -0.2) is 70.9 Å². The van der Waals surface area contributed by atoms with Crippen LogP contribution in [0.5, 0.6) is 11.5 Å². The zero-order valence-electron chi connectivity index (χ0n) is 28.7. The minimum Gasteiger partial charge on any atom is -0.497 e. The van der Waals surface area contributed by atoms with Gasteiger partial charge in [-0.3, -0.25) is 0 Å². The van der Waals surface area contributed by atoms with Gasteiger partial charge in [-0.15, -0.1) is 0 Å². The van der Waals surface area contributed by atoms with Gasteiger partial charge in [-0.25, -0.2) is 24.1 Å². The Kier molecular flexibility index (Phi) is 10.3. The zero-order chi connectivity index (χ0) is 37.3. The number of pyridine rings is 1. The normalized spacial score (nSPS) is 14.8. The summed E-state index contributed by atoms with van der Waals surface area (Å²) in [5.74, 6) is 0.641. The lowest BCUT2D eigenvalue weighted by Crippen LogP contribution is -2.53. The van der Waals surface area contributed by atoms with E-state index in [1.165, 1.54) is 24.0 Å². The summed E-state index contributed by atoms with van der Waals surface area (Å²) in [7, 11) is 3.10. The predicted molar refractivity (Wildman–Crippen MR) is 190 cm³/mol. The standard InChI is InChI=1S/C37H35ClF4N6O4/c1-21-15-29(47(18-23-5-9-25(51-3)10-6-23)19-24-7-11-26(52-4)12-8-24)45-34(31(21)37(40,41)42)30-28(38)16-27-33(32(30)39)43-20-44-35(27)48-14-13-46(36(49)50)17-22(48)2/h5-12,15-16,20,22H,13-14,17-19H2,1-4H3,(H,49,50)/t22-/m0/s1. The van der Waals surface area contributed by atoms with E-state index in [1.54, 1.807) is 55.2 Å². The smallest absolute Gasteiger partial charge is 0.418 e. The lowest BCUT2D eigenvalue weighted by Gasteiger charge is -2.39. The van der Waals surface area contributed by atoms with E-state index < -0.39 is 34.9 Å². The summed E-state index contributed by atoms with van der Waals surface area (Å²) < 4.78 is 71.9. The Morgan fingerprint density at radius 3 is 2.10 bits per heavy atom. The first-order chi connectivity index (χ1) is 24.8. The number of fused-ring (bicyclic) bond motifs is 1. The number of piperazine rings is 1. The molecule has 0 unspecified atom stereocenters. The molecule has 0 saturated carbocycles. The molecule has 1 fully saturated rings. The van der Waals surface area contributed by atoms with Gasteiger partial charge >= 0.3 is 12.3 Å². The van der Waals surface area contributed by atoms with Gasteiger partial charge in [-0.2, -0.15) is 13.2 Å². The molecule has 0 radical (unpaired) electrons. The van der Waals surface area contributed by atoms with Gasteiger partial charge in [0.05, 0.1) is 36.1 Å². The third-order valence-corrected chi connectivity index (χ3v) is 9.38. The van der Waals surface area contributed by atoms with Crippen LogP contribution < -0.4 is 19.3 Å². The SMILES string of the molecule is COc1ccc(CN(Cc2ccc(OC)cc2)c2cc(C)c(C(F)(F)F)c(-c3c(Cl)cc4c(N5CCN(C(=O)O)C[C@@H]5C)ncnc4c3F)n2)cc1. The van der Waals surface area contributed by atoms with Crippen LogP contribution >= 0.6 is 11.6 Å². The lowest BCUT2D eigenvalue weighted by atomic mass is 9.98. The fraction of sp³-hybridized carbons (Fsp3) is 0.297. The van der Waals surface area contributed by atoms with Crippen molar-refractivity contribution in [2.24, 2.45) is 0 Å². The first kappa shape index (κ1) is 36.4. The van der Waals surface area contributed by atoms with E-state index in [-0.39, 0.29) is 71.9 Å². The molecule has 6 rings (SSSR count). The van der Waals surface area contributed by atoms with Crippen LogP contribution in [0.1, 0.15) is 29.2 Å². The Morgan fingerprint density at radius 2 is 1.58 bits per heavy atom. The number of ether oxygens (including phenoxy) is 2. The monoisotopic (exact) mass is 738 g/mol. The summed E-state index contributed by atoms with van der Waals surface area (Å²) in [6.45, 7) is 4.18.